The van der Waals surface area contributed by atoms with Crippen LogP contribution in [-0.2, 0) is 0 Å². The maximum atomic E-state index is 13.3. The Bertz CT molecular complexity index is 1310. The van der Waals surface area contributed by atoms with Crippen molar-refractivity contribution < 1.29 is 0 Å². The smallest absolute Gasteiger partial charge is 0.267 e. The van der Waals surface area contributed by atoms with Crippen LogP contribution in [0, 0.1) is 50.4 Å². The fourth-order valence-electron chi connectivity index (χ4n) is 3.19. The molecule has 0 radical (unpaired) electrons. The van der Waals surface area contributed by atoms with E-state index in [9.17, 15) is 15.3 Å². The molecule has 0 amide bonds. The first kappa shape index (κ1) is 19.4. The summed E-state index contributed by atoms with van der Waals surface area (Å²) in [7, 11) is 0. The summed E-state index contributed by atoms with van der Waals surface area (Å²) in [5.74, 6) is 0. The van der Waals surface area contributed by atoms with Gasteiger partial charge in [0.15, 0.2) is 5.57 Å². The number of para-hydroxylation sites is 1. The van der Waals surface area contributed by atoms with E-state index < -0.39 is 0 Å². The molecule has 0 saturated heterocycles. The van der Waals surface area contributed by atoms with Crippen LogP contribution in [-0.4, -0.2) is 4.57 Å². The molecule has 0 spiro atoms. The van der Waals surface area contributed by atoms with E-state index in [4.69, 9.17) is 0 Å². The average Bonchev–Trinajstić information content (AvgIpc) is 2.96. The molecule has 0 N–H and O–H groups in total. The third-order valence-electron chi connectivity index (χ3n) is 4.65. The van der Waals surface area contributed by atoms with E-state index in [0.717, 1.165) is 33.5 Å². The Morgan fingerprint density at radius 1 is 1.00 bits per heavy atom. The highest BCUT2D eigenvalue weighted by molar-refractivity contribution is 7.07. The SMILES string of the molecule is Cc1ccc(C)c(/C=c2\sc(=C(C#N)C#N)n(-c3c(C)cccc3C)c2=O)c1. The van der Waals surface area contributed by atoms with Gasteiger partial charge in [0, 0.05) is 0 Å². The molecule has 3 rings (SSSR count). The molecule has 0 aliphatic carbocycles. The lowest BCUT2D eigenvalue weighted by Crippen LogP contribution is -2.31. The van der Waals surface area contributed by atoms with E-state index in [1.54, 1.807) is 0 Å². The van der Waals surface area contributed by atoms with Gasteiger partial charge in [-0.2, -0.15) is 10.5 Å². The highest BCUT2D eigenvalue weighted by atomic mass is 32.1. The summed E-state index contributed by atoms with van der Waals surface area (Å²) >= 11 is 1.18. The highest BCUT2D eigenvalue weighted by Crippen LogP contribution is 2.16. The molecule has 0 atom stereocenters. The zero-order chi connectivity index (χ0) is 20.4. The molecular formula is C23H19N3OS. The number of rotatable bonds is 2. The van der Waals surface area contributed by atoms with Gasteiger partial charge < -0.3 is 0 Å². The van der Waals surface area contributed by atoms with Gasteiger partial charge in [0.25, 0.3) is 5.56 Å². The number of nitrogens with zero attached hydrogens (tertiary/aromatic N) is 3. The van der Waals surface area contributed by atoms with Gasteiger partial charge in [0.2, 0.25) is 0 Å². The molecule has 0 aliphatic rings. The van der Waals surface area contributed by atoms with Crippen molar-refractivity contribution in [2.45, 2.75) is 27.7 Å². The van der Waals surface area contributed by atoms with Crippen LogP contribution in [0.3, 0.4) is 0 Å². The lowest BCUT2D eigenvalue weighted by atomic mass is 10.1. The minimum Gasteiger partial charge on any atom is -0.267 e. The van der Waals surface area contributed by atoms with Crippen LogP contribution in [0.1, 0.15) is 27.8 Å². The molecule has 0 bridgehead atoms. The minimum absolute atomic E-state index is 0.0645. The van der Waals surface area contributed by atoms with Crippen molar-refractivity contribution in [3.05, 3.63) is 83.8 Å². The van der Waals surface area contributed by atoms with Crippen LogP contribution in [0.4, 0.5) is 0 Å². The van der Waals surface area contributed by atoms with Crippen LogP contribution < -0.4 is 14.8 Å². The quantitative estimate of drug-likeness (QED) is 0.680. The van der Waals surface area contributed by atoms with E-state index in [0.29, 0.717) is 9.20 Å². The molecule has 0 unspecified atom stereocenters. The van der Waals surface area contributed by atoms with Crippen molar-refractivity contribution in [3.8, 4) is 17.8 Å². The molecule has 2 aromatic carbocycles. The van der Waals surface area contributed by atoms with Crippen molar-refractivity contribution in [1.29, 1.82) is 10.5 Å². The Balaban J connectivity index is 2.50. The van der Waals surface area contributed by atoms with Crippen LogP contribution in [0.5, 0.6) is 0 Å². The summed E-state index contributed by atoms with van der Waals surface area (Å²) in [5, 5.41) is 18.9. The van der Waals surface area contributed by atoms with E-state index in [1.807, 2.05) is 82.3 Å². The van der Waals surface area contributed by atoms with Gasteiger partial charge in [0.05, 0.1) is 10.2 Å². The predicted octanol–water partition coefficient (Wildman–Crippen LogP) is 3.16. The van der Waals surface area contributed by atoms with E-state index in [-0.39, 0.29) is 11.1 Å². The van der Waals surface area contributed by atoms with Crippen molar-refractivity contribution in [3.63, 3.8) is 0 Å². The Morgan fingerprint density at radius 3 is 2.25 bits per heavy atom. The molecule has 4 nitrogen and oxygen atoms in total. The molecule has 0 fully saturated rings. The topological polar surface area (TPSA) is 69.6 Å². The number of nitriles is 2. The number of aromatic nitrogens is 1. The van der Waals surface area contributed by atoms with Crippen molar-refractivity contribution in [1.82, 2.24) is 4.57 Å². The molecule has 1 aromatic heterocycles. The molecule has 138 valence electrons. The van der Waals surface area contributed by atoms with Crippen LogP contribution in [0.15, 0.2) is 41.2 Å². The Hall–Kier alpha value is -3.41. The predicted molar refractivity (Wildman–Crippen MR) is 113 cm³/mol. The maximum Gasteiger partial charge on any atom is 0.273 e. The van der Waals surface area contributed by atoms with E-state index in [2.05, 4.69) is 0 Å². The lowest BCUT2D eigenvalue weighted by molar-refractivity contribution is 0.962. The van der Waals surface area contributed by atoms with Crippen LogP contribution in [0.25, 0.3) is 17.3 Å². The fourth-order valence-corrected chi connectivity index (χ4v) is 4.22. The maximum absolute atomic E-state index is 13.3. The van der Waals surface area contributed by atoms with Crippen LogP contribution >= 0.6 is 11.3 Å². The van der Waals surface area contributed by atoms with Gasteiger partial charge in [-0.25, -0.2) is 0 Å². The number of benzene rings is 2. The first-order chi connectivity index (χ1) is 13.4. The normalized spacial score (nSPS) is 11.1. The van der Waals surface area contributed by atoms with Crippen molar-refractivity contribution in [2.75, 3.05) is 0 Å². The minimum atomic E-state index is -0.221. The zero-order valence-electron chi connectivity index (χ0n) is 16.2. The second-order valence-electron chi connectivity index (χ2n) is 6.76. The Labute approximate surface area is 167 Å². The van der Waals surface area contributed by atoms with Crippen molar-refractivity contribution >= 4 is 23.0 Å². The monoisotopic (exact) mass is 385 g/mol. The molecule has 28 heavy (non-hydrogen) atoms. The summed E-state index contributed by atoms with van der Waals surface area (Å²) in [4.78, 5) is 13.3. The average molecular weight is 385 g/mol. The largest absolute Gasteiger partial charge is 0.273 e. The lowest BCUT2D eigenvalue weighted by Gasteiger charge is -2.10. The van der Waals surface area contributed by atoms with Gasteiger partial charge in [-0.05, 0) is 56.0 Å². The summed E-state index contributed by atoms with van der Waals surface area (Å²) in [6, 6.07) is 15.7. The number of hydrogen-bond donors (Lipinski definition) is 0. The first-order valence-electron chi connectivity index (χ1n) is 8.79. The standard InChI is InChI=1S/C23H19N3OS/c1-14-8-9-15(2)18(10-14)11-20-22(27)26(23(28-20)19(12-24)13-25)21-16(3)6-5-7-17(21)4/h5-11H,1-4H3/b20-11-. The summed E-state index contributed by atoms with van der Waals surface area (Å²) in [5.41, 5.74) is 5.38. The van der Waals surface area contributed by atoms with Gasteiger partial charge in [0.1, 0.15) is 16.8 Å². The summed E-state index contributed by atoms with van der Waals surface area (Å²) in [6.07, 6.45) is 1.84. The van der Waals surface area contributed by atoms with Gasteiger partial charge >= 0.3 is 0 Å². The summed E-state index contributed by atoms with van der Waals surface area (Å²) in [6.45, 7) is 7.83. The molecule has 0 saturated carbocycles. The third kappa shape index (κ3) is 3.41. The number of aryl methyl sites for hydroxylation is 4. The number of thiazole rings is 1. The molecule has 3 aromatic rings. The second-order valence-corrected chi connectivity index (χ2v) is 7.79. The molecule has 5 heteroatoms. The molecular weight excluding hydrogens is 366 g/mol. The molecule has 0 aliphatic heterocycles. The first-order valence-corrected chi connectivity index (χ1v) is 9.61. The van der Waals surface area contributed by atoms with Gasteiger partial charge in [-0.3, -0.25) is 9.36 Å². The highest BCUT2D eigenvalue weighted by Gasteiger charge is 2.14. The van der Waals surface area contributed by atoms with Gasteiger partial charge in [-0.1, -0.05) is 42.0 Å². The van der Waals surface area contributed by atoms with E-state index >= 15 is 0 Å². The van der Waals surface area contributed by atoms with E-state index in [1.165, 1.54) is 15.9 Å². The fraction of sp³-hybridized carbons (Fsp3) is 0.174. The summed E-state index contributed by atoms with van der Waals surface area (Å²) < 4.78 is 2.37. The zero-order valence-corrected chi connectivity index (χ0v) is 17.0. The Morgan fingerprint density at radius 2 is 1.64 bits per heavy atom. The third-order valence-corrected chi connectivity index (χ3v) is 5.74. The Kier molecular flexibility index (Phi) is 5.31. The second kappa shape index (κ2) is 7.68. The van der Waals surface area contributed by atoms with Gasteiger partial charge in [-0.15, -0.1) is 11.3 Å². The van der Waals surface area contributed by atoms with Crippen LogP contribution in [0.2, 0.25) is 0 Å². The van der Waals surface area contributed by atoms with Crippen molar-refractivity contribution in [2.24, 2.45) is 0 Å². The number of hydrogen-bond acceptors (Lipinski definition) is 4. The molecule has 1 heterocycles.